The van der Waals surface area contributed by atoms with Gasteiger partial charge >= 0.3 is 0 Å². The maximum Gasteiger partial charge on any atom is 0.253 e. The van der Waals surface area contributed by atoms with Crippen LogP contribution in [0.4, 0.5) is 0 Å². The van der Waals surface area contributed by atoms with Crippen LogP contribution in [0.1, 0.15) is 68.7 Å². The van der Waals surface area contributed by atoms with Crippen LogP contribution < -0.4 is 5.32 Å². The van der Waals surface area contributed by atoms with Crippen molar-refractivity contribution < 1.29 is 19.5 Å². The van der Waals surface area contributed by atoms with Crippen molar-refractivity contribution in [3.8, 4) is 5.75 Å². The van der Waals surface area contributed by atoms with Crippen LogP contribution in [-0.4, -0.2) is 63.8 Å². The van der Waals surface area contributed by atoms with E-state index in [1.807, 2.05) is 12.1 Å². The molecular weight excluding hydrogens is 456 g/mol. The maximum absolute atomic E-state index is 12.3. The summed E-state index contributed by atoms with van der Waals surface area (Å²) in [4.78, 5) is 42.5. The number of rotatable bonds is 11. The highest BCUT2D eigenvalue weighted by Crippen LogP contribution is 2.35. The van der Waals surface area contributed by atoms with Crippen molar-refractivity contribution in [2.24, 2.45) is 5.92 Å². The number of H-pyrrole nitrogens is 1. The van der Waals surface area contributed by atoms with Gasteiger partial charge in [0.2, 0.25) is 5.91 Å². The van der Waals surface area contributed by atoms with Gasteiger partial charge in [-0.3, -0.25) is 24.2 Å². The maximum atomic E-state index is 12.3. The topological polar surface area (TPSA) is 106 Å². The normalized spacial score (nSPS) is 18.3. The number of phenolic OH excluding ortho intramolecular Hbond substituents is 1. The van der Waals surface area contributed by atoms with Crippen molar-refractivity contribution in [3.63, 3.8) is 0 Å². The van der Waals surface area contributed by atoms with Gasteiger partial charge in [0.25, 0.3) is 11.8 Å². The Bertz CT molecular complexity index is 1150. The van der Waals surface area contributed by atoms with Gasteiger partial charge in [-0.15, -0.1) is 0 Å². The molecule has 1 aromatic heterocycles. The molecule has 0 saturated carbocycles. The Morgan fingerprint density at radius 2 is 1.92 bits per heavy atom. The van der Waals surface area contributed by atoms with E-state index in [-0.39, 0.29) is 17.7 Å². The number of nitrogens with zero attached hydrogens (tertiary/aromatic N) is 2. The molecule has 194 valence electrons. The predicted molar refractivity (Wildman–Crippen MR) is 140 cm³/mol. The number of imide groups is 1. The zero-order valence-electron chi connectivity index (χ0n) is 21.6. The van der Waals surface area contributed by atoms with Crippen molar-refractivity contribution in [2.45, 2.75) is 65.3 Å². The number of aromatic amines is 1. The molecular formula is C28H38N4O4. The molecule has 2 aromatic rings. The van der Waals surface area contributed by atoms with Crippen LogP contribution in [-0.2, 0) is 20.9 Å². The molecule has 2 aliphatic heterocycles. The molecule has 36 heavy (non-hydrogen) atoms. The molecule has 1 saturated heterocycles. The van der Waals surface area contributed by atoms with Gasteiger partial charge in [0.1, 0.15) is 5.75 Å². The molecule has 4 rings (SSSR count). The molecule has 8 nitrogen and oxygen atoms in total. The average Bonchev–Trinajstić information content (AvgIpc) is 3.51. The number of carbonyl (C=O) groups excluding carboxylic acids is 3. The van der Waals surface area contributed by atoms with E-state index in [2.05, 4.69) is 36.0 Å². The molecule has 1 atom stereocenters. The average molecular weight is 495 g/mol. The van der Waals surface area contributed by atoms with Gasteiger partial charge in [0.05, 0.1) is 5.52 Å². The summed E-state index contributed by atoms with van der Waals surface area (Å²) in [5, 5.41) is 14.9. The quantitative estimate of drug-likeness (QED) is 0.326. The Kier molecular flexibility index (Phi) is 8.14. The lowest BCUT2D eigenvalue weighted by molar-refractivity contribution is -0.137. The van der Waals surface area contributed by atoms with E-state index in [9.17, 15) is 19.5 Å². The number of nitrogens with one attached hydrogen (secondary N) is 2. The number of benzene rings is 1. The van der Waals surface area contributed by atoms with Gasteiger partial charge in [0, 0.05) is 61.4 Å². The number of hydrogen-bond donors (Lipinski definition) is 3. The van der Waals surface area contributed by atoms with Crippen molar-refractivity contribution in [1.82, 2.24) is 20.1 Å². The summed E-state index contributed by atoms with van der Waals surface area (Å²) < 4.78 is 0. The third kappa shape index (κ3) is 5.81. The number of phenols is 1. The van der Waals surface area contributed by atoms with Gasteiger partial charge in [-0.2, -0.15) is 0 Å². The lowest BCUT2D eigenvalue weighted by Crippen LogP contribution is -2.31. The zero-order valence-corrected chi connectivity index (χ0v) is 21.6. The Morgan fingerprint density at radius 3 is 2.64 bits per heavy atom. The number of amides is 3. The molecule has 3 N–H and O–H groups in total. The van der Waals surface area contributed by atoms with E-state index in [4.69, 9.17) is 0 Å². The fourth-order valence-corrected chi connectivity index (χ4v) is 5.54. The number of aromatic hydroxyl groups is 1. The molecule has 2 aliphatic rings. The fourth-order valence-electron chi connectivity index (χ4n) is 5.54. The minimum absolute atomic E-state index is 0.0499. The number of unbranched alkanes of at least 4 members (excludes halogenated alkanes) is 2. The summed E-state index contributed by atoms with van der Waals surface area (Å²) in [5.74, 6) is 0.676. The summed E-state index contributed by atoms with van der Waals surface area (Å²) in [7, 11) is 0. The second kappa shape index (κ2) is 11.3. The molecule has 0 bridgehead atoms. The molecule has 0 spiro atoms. The lowest BCUT2D eigenvalue weighted by atomic mass is 9.98. The Hall–Kier alpha value is -3.13. The lowest BCUT2D eigenvalue weighted by Gasteiger charge is -2.18. The summed E-state index contributed by atoms with van der Waals surface area (Å²) in [5.41, 5.74) is 4.44. The van der Waals surface area contributed by atoms with E-state index >= 15 is 0 Å². The second-order valence-electron chi connectivity index (χ2n) is 10.5. The molecule has 0 unspecified atom stereocenters. The predicted octanol–water partition coefficient (Wildman–Crippen LogP) is 3.73. The zero-order chi connectivity index (χ0) is 25.8. The Balaban J connectivity index is 1.19. The van der Waals surface area contributed by atoms with Crippen molar-refractivity contribution in [3.05, 3.63) is 41.1 Å². The molecule has 3 heterocycles. The number of likely N-dealkylation sites (tertiary alicyclic amines) is 1. The van der Waals surface area contributed by atoms with Crippen molar-refractivity contribution in [2.75, 3.05) is 26.2 Å². The van der Waals surface area contributed by atoms with Gasteiger partial charge in [-0.25, -0.2) is 0 Å². The number of fused-ring (bicyclic) bond motifs is 1. The first-order valence-electron chi connectivity index (χ1n) is 13.1. The van der Waals surface area contributed by atoms with Crippen molar-refractivity contribution >= 4 is 28.6 Å². The number of aromatic nitrogens is 1. The fraction of sp³-hybridized carbons (Fsp3) is 0.536. The highest BCUT2D eigenvalue weighted by molar-refractivity contribution is 6.12. The third-order valence-corrected chi connectivity index (χ3v) is 7.40. The smallest absolute Gasteiger partial charge is 0.253 e. The monoisotopic (exact) mass is 494 g/mol. The van der Waals surface area contributed by atoms with Crippen LogP contribution in [0.15, 0.2) is 24.3 Å². The first-order chi connectivity index (χ1) is 17.2. The van der Waals surface area contributed by atoms with Crippen LogP contribution >= 0.6 is 0 Å². The number of carbonyl (C=O) groups is 3. The van der Waals surface area contributed by atoms with E-state index in [0.717, 1.165) is 49.1 Å². The number of aryl methyl sites for hydroxylation is 1. The summed E-state index contributed by atoms with van der Waals surface area (Å²) in [6, 6.07) is 3.82. The van der Waals surface area contributed by atoms with Gasteiger partial charge < -0.3 is 15.4 Å². The largest absolute Gasteiger partial charge is 0.508 e. The van der Waals surface area contributed by atoms with Gasteiger partial charge in [0.15, 0.2) is 0 Å². The molecule has 3 amide bonds. The minimum atomic E-state index is -0.251. The van der Waals surface area contributed by atoms with Gasteiger partial charge in [-0.1, -0.05) is 20.3 Å². The summed E-state index contributed by atoms with van der Waals surface area (Å²) in [6.45, 7) is 10.1. The molecule has 0 radical (unpaired) electrons. The van der Waals surface area contributed by atoms with Crippen LogP contribution in [0.25, 0.3) is 10.9 Å². The van der Waals surface area contributed by atoms with E-state index in [1.165, 1.54) is 28.0 Å². The minimum Gasteiger partial charge on any atom is -0.508 e. The Morgan fingerprint density at radius 1 is 1.17 bits per heavy atom. The second-order valence-corrected chi connectivity index (χ2v) is 10.5. The van der Waals surface area contributed by atoms with Crippen LogP contribution in [0.2, 0.25) is 0 Å². The highest BCUT2D eigenvalue weighted by Gasteiger charge is 2.26. The van der Waals surface area contributed by atoms with E-state index in [1.54, 1.807) is 0 Å². The molecule has 1 aromatic carbocycles. The van der Waals surface area contributed by atoms with Gasteiger partial charge in [-0.05, 0) is 62.3 Å². The Labute approximate surface area is 212 Å². The first kappa shape index (κ1) is 25.9. The van der Waals surface area contributed by atoms with E-state index < -0.39 is 0 Å². The first-order valence-corrected chi connectivity index (χ1v) is 13.1. The van der Waals surface area contributed by atoms with Crippen LogP contribution in [0, 0.1) is 12.8 Å². The standard InChI is InChI=1S/C28H38N4O4/c1-18(2)27-19(3)30-28-21(27)8-9-23(33)22(28)17-31-14-12-20(16-31)15-29-24(34)7-5-4-6-13-32-25(35)10-11-26(32)36/h8-11,18,20,30,33H,4-7,12-17H2,1-3H3,(H,29,34)/t20-/m0/s1. The number of hydrogen-bond acceptors (Lipinski definition) is 5. The molecule has 0 aliphatic carbocycles. The van der Waals surface area contributed by atoms with Crippen LogP contribution in [0.3, 0.4) is 0 Å². The third-order valence-electron chi connectivity index (χ3n) is 7.40. The highest BCUT2D eigenvalue weighted by atomic mass is 16.3. The summed E-state index contributed by atoms with van der Waals surface area (Å²) >= 11 is 0. The molecule has 8 heteroatoms. The van der Waals surface area contributed by atoms with E-state index in [0.29, 0.717) is 50.1 Å². The molecule has 1 fully saturated rings. The SMILES string of the molecule is Cc1[nH]c2c(CN3CC[C@@H](CNC(=O)CCCCCN4C(=O)C=CC4=O)C3)c(O)ccc2c1C(C)C. The summed E-state index contributed by atoms with van der Waals surface area (Å²) in [6.07, 6.45) is 6.32. The van der Waals surface area contributed by atoms with Crippen LogP contribution in [0.5, 0.6) is 5.75 Å². The van der Waals surface area contributed by atoms with Crippen molar-refractivity contribution in [1.29, 1.82) is 0 Å².